The fraction of sp³-hybridized carbons (Fsp3) is 0.533. The molecule has 0 atom stereocenters. The van der Waals surface area contributed by atoms with Crippen LogP contribution in [0.2, 0.25) is 0 Å². The molecular weight excluding hydrogens is 381 g/mol. The molecule has 0 amide bonds. The molecule has 2 rings (SSSR count). The summed E-state index contributed by atoms with van der Waals surface area (Å²) >= 11 is 0. The lowest BCUT2D eigenvalue weighted by Crippen LogP contribution is -2.23. The van der Waals surface area contributed by atoms with E-state index in [0.717, 1.165) is 29.6 Å². The third kappa shape index (κ3) is 5.99. The normalized spacial score (nSPS) is 14.3. The van der Waals surface area contributed by atoms with Crippen molar-refractivity contribution in [3.8, 4) is 11.5 Å². The SMILES string of the molecule is CCOc1ccc(OCC)c(NC(N)=NCC2CC2)c1.I. The minimum absolute atomic E-state index is 0. The Hall–Kier alpha value is -1.18. The summed E-state index contributed by atoms with van der Waals surface area (Å²) < 4.78 is 11.1. The first-order valence-corrected chi connectivity index (χ1v) is 7.19. The Bertz CT molecular complexity index is 476. The zero-order valence-electron chi connectivity index (χ0n) is 12.6. The monoisotopic (exact) mass is 405 g/mol. The van der Waals surface area contributed by atoms with Crippen LogP contribution in [-0.2, 0) is 0 Å². The Kier molecular flexibility index (Phi) is 7.63. The molecule has 0 bridgehead atoms. The molecule has 118 valence electrons. The Balaban J connectivity index is 0.00000220. The second-order valence-electron chi connectivity index (χ2n) is 4.82. The summed E-state index contributed by atoms with van der Waals surface area (Å²) in [5.74, 6) is 2.68. The van der Waals surface area contributed by atoms with Gasteiger partial charge in [0.25, 0.3) is 0 Å². The predicted molar refractivity (Wildman–Crippen MR) is 97.0 cm³/mol. The molecule has 0 heterocycles. The lowest BCUT2D eigenvalue weighted by atomic mass is 10.2. The second-order valence-corrected chi connectivity index (χ2v) is 4.82. The van der Waals surface area contributed by atoms with Crippen LogP contribution >= 0.6 is 24.0 Å². The summed E-state index contributed by atoms with van der Waals surface area (Å²) in [5.41, 5.74) is 6.70. The summed E-state index contributed by atoms with van der Waals surface area (Å²) in [6, 6.07) is 5.65. The molecule has 0 unspecified atom stereocenters. The van der Waals surface area contributed by atoms with E-state index < -0.39 is 0 Å². The molecule has 0 radical (unpaired) electrons. The molecule has 1 saturated carbocycles. The van der Waals surface area contributed by atoms with Gasteiger partial charge in [0.2, 0.25) is 0 Å². The van der Waals surface area contributed by atoms with Crippen LogP contribution in [-0.4, -0.2) is 25.7 Å². The molecule has 5 nitrogen and oxygen atoms in total. The lowest BCUT2D eigenvalue weighted by Gasteiger charge is -2.13. The summed E-state index contributed by atoms with van der Waals surface area (Å²) in [7, 11) is 0. The number of rotatable bonds is 7. The van der Waals surface area contributed by atoms with Gasteiger partial charge in [0.1, 0.15) is 11.5 Å². The molecule has 0 aliphatic heterocycles. The fourth-order valence-corrected chi connectivity index (χ4v) is 1.85. The standard InChI is InChI=1S/C15H23N3O2.HI/c1-3-19-12-7-8-14(20-4-2)13(9-12)18-15(16)17-10-11-5-6-11;/h7-9,11H,3-6,10H2,1-2H3,(H3,16,17,18);1H. The van der Waals surface area contributed by atoms with Gasteiger partial charge in [-0.15, -0.1) is 24.0 Å². The van der Waals surface area contributed by atoms with Crippen LogP contribution in [0.25, 0.3) is 0 Å². The number of anilines is 1. The largest absolute Gasteiger partial charge is 0.494 e. The average Bonchev–Trinajstić information content (AvgIpc) is 3.24. The predicted octanol–water partition coefficient (Wildman–Crippen LogP) is 3.24. The quantitative estimate of drug-likeness (QED) is 0.415. The number of hydrogen-bond donors (Lipinski definition) is 2. The Morgan fingerprint density at radius 2 is 2.00 bits per heavy atom. The van der Waals surface area contributed by atoms with Gasteiger partial charge in [-0.1, -0.05) is 0 Å². The minimum atomic E-state index is 0. The second kappa shape index (κ2) is 8.96. The molecule has 1 aliphatic rings. The van der Waals surface area contributed by atoms with Gasteiger partial charge < -0.3 is 20.5 Å². The number of nitrogens with zero attached hydrogens (tertiary/aromatic N) is 1. The van der Waals surface area contributed by atoms with Gasteiger partial charge in [0.05, 0.1) is 18.9 Å². The van der Waals surface area contributed by atoms with Gasteiger partial charge >= 0.3 is 0 Å². The van der Waals surface area contributed by atoms with E-state index in [1.54, 1.807) is 0 Å². The van der Waals surface area contributed by atoms with Gasteiger partial charge in [-0.25, -0.2) is 0 Å². The van der Waals surface area contributed by atoms with E-state index in [0.29, 0.717) is 19.2 Å². The van der Waals surface area contributed by atoms with Crippen LogP contribution < -0.4 is 20.5 Å². The van der Waals surface area contributed by atoms with Crippen LogP contribution in [0.4, 0.5) is 5.69 Å². The van der Waals surface area contributed by atoms with E-state index in [4.69, 9.17) is 15.2 Å². The van der Waals surface area contributed by atoms with Crippen molar-refractivity contribution >= 4 is 35.6 Å². The van der Waals surface area contributed by atoms with Crippen LogP contribution in [0.1, 0.15) is 26.7 Å². The number of guanidine groups is 1. The molecular formula is C15H24IN3O2. The number of aliphatic imine (C=N–C) groups is 1. The van der Waals surface area contributed by atoms with Crippen molar-refractivity contribution in [1.29, 1.82) is 0 Å². The van der Waals surface area contributed by atoms with E-state index in [2.05, 4.69) is 10.3 Å². The van der Waals surface area contributed by atoms with Gasteiger partial charge in [-0.05, 0) is 44.7 Å². The molecule has 6 heteroatoms. The maximum absolute atomic E-state index is 5.91. The van der Waals surface area contributed by atoms with E-state index in [9.17, 15) is 0 Å². The zero-order valence-corrected chi connectivity index (χ0v) is 14.9. The first-order chi connectivity index (χ1) is 9.72. The minimum Gasteiger partial charge on any atom is -0.494 e. The van der Waals surface area contributed by atoms with E-state index in [1.165, 1.54) is 12.8 Å². The molecule has 1 fully saturated rings. The van der Waals surface area contributed by atoms with Crippen LogP contribution in [0.5, 0.6) is 11.5 Å². The summed E-state index contributed by atoms with van der Waals surface area (Å²) in [5, 5.41) is 3.10. The van der Waals surface area contributed by atoms with Gasteiger partial charge in [0.15, 0.2) is 5.96 Å². The molecule has 3 N–H and O–H groups in total. The number of benzene rings is 1. The lowest BCUT2D eigenvalue weighted by molar-refractivity contribution is 0.332. The Morgan fingerprint density at radius 3 is 2.62 bits per heavy atom. The molecule has 0 aromatic heterocycles. The van der Waals surface area contributed by atoms with Crippen molar-refractivity contribution in [3.63, 3.8) is 0 Å². The average molecular weight is 405 g/mol. The van der Waals surface area contributed by atoms with Crippen molar-refractivity contribution in [2.75, 3.05) is 25.1 Å². The highest BCUT2D eigenvalue weighted by atomic mass is 127. The first kappa shape index (κ1) is 17.9. The molecule has 0 saturated heterocycles. The highest BCUT2D eigenvalue weighted by Gasteiger charge is 2.20. The number of halogens is 1. The molecule has 0 spiro atoms. The molecule has 1 aliphatic carbocycles. The highest BCUT2D eigenvalue weighted by molar-refractivity contribution is 14.0. The van der Waals surface area contributed by atoms with Crippen molar-refractivity contribution < 1.29 is 9.47 Å². The Morgan fingerprint density at radius 1 is 1.29 bits per heavy atom. The highest BCUT2D eigenvalue weighted by Crippen LogP contribution is 2.30. The molecule has 1 aromatic carbocycles. The maximum atomic E-state index is 5.91. The zero-order chi connectivity index (χ0) is 14.4. The summed E-state index contributed by atoms with van der Waals surface area (Å²) in [6.07, 6.45) is 2.53. The van der Waals surface area contributed by atoms with Gasteiger partial charge in [-0.2, -0.15) is 0 Å². The van der Waals surface area contributed by atoms with Crippen molar-refractivity contribution in [1.82, 2.24) is 0 Å². The smallest absolute Gasteiger partial charge is 0.193 e. The van der Waals surface area contributed by atoms with Crippen LogP contribution in [0, 0.1) is 5.92 Å². The fourth-order valence-electron chi connectivity index (χ4n) is 1.85. The first-order valence-electron chi connectivity index (χ1n) is 7.19. The Labute approximate surface area is 143 Å². The van der Waals surface area contributed by atoms with Crippen LogP contribution in [0.3, 0.4) is 0 Å². The molecule has 21 heavy (non-hydrogen) atoms. The van der Waals surface area contributed by atoms with Crippen molar-refractivity contribution in [2.24, 2.45) is 16.6 Å². The maximum Gasteiger partial charge on any atom is 0.193 e. The third-order valence-electron chi connectivity index (χ3n) is 3.04. The van der Waals surface area contributed by atoms with Gasteiger partial charge in [-0.3, -0.25) is 4.99 Å². The topological polar surface area (TPSA) is 68.9 Å². The number of nitrogens with two attached hydrogens (primary N) is 1. The summed E-state index contributed by atoms with van der Waals surface area (Å²) in [4.78, 5) is 4.35. The number of nitrogens with one attached hydrogen (secondary N) is 1. The van der Waals surface area contributed by atoms with Crippen molar-refractivity contribution in [2.45, 2.75) is 26.7 Å². The summed E-state index contributed by atoms with van der Waals surface area (Å²) in [6.45, 7) is 5.92. The number of ether oxygens (including phenoxy) is 2. The third-order valence-corrected chi connectivity index (χ3v) is 3.04. The van der Waals surface area contributed by atoms with E-state index >= 15 is 0 Å². The van der Waals surface area contributed by atoms with Gasteiger partial charge in [0, 0.05) is 12.6 Å². The van der Waals surface area contributed by atoms with E-state index in [1.807, 2.05) is 32.0 Å². The van der Waals surface area contributed by atoms with E-state index in [-0.39, 0.29) is 24.0 Å². The van der Waals surface area contributed by atoms with Crippen LogP contribution in [0.15, 0.2) is 23.2 Å². The van der Waals surface area contributed by atoms with Crippen molar-refractivity contribution in [3.05, 3.63) is 18.2 Å². The number of hydrogen-bond acceptors (Lipinski definition) is 3. The molecule has 1 aromatic rings.